The third-order valence-electron chi connectivity index (χ3n) is 2.60. The topological polar surface area (TPSA) is 64.4 Å². The van der Waals surface area contributed by atoms with Crippen molar-refractivity contribution in [3.05, 3.63) is 53.9 Å². The van der Waals surface area contributed by atoms with E-state index < -0.39 is 12.1 Å². The molecule has 0 aliphatic heterocycles. The molecule has 1 atom stereocenters. The zero-order chi connectivity index (χ0) is 13.0. The zero-order valence-corrected chi connectivity index (χ0v) is 9.98. The molecule has 2 aromatic rings. The number of aryl methyl sites for hydroxylation is 1. The minimum atomic E-state index is -0.988. The van der Waals surface area contributed by atoms with Crippen molar-refractivity contribution >= 4 is 5.97 Å². The van der Waals surface area contributed by atoms with Gasteiger partial charge in [0.25, 0.3) is 0 Å². The Morgan fingerprint density at radius 1 is 1.39 bits per heavy atom. The van der Waals surface area contributed by atoms with Crippen molar-refractivity contribution in [3.8, 4) is 0 Å². The maximum absolute atomic E-state index is 10.6. The Labute approximate surface area is 105 Å². The summed E-state index contributed by atoms with van der Waals surface area (Å²) in [5.74, 6) is -0.988. The first-order chi connectivity index (χ1) is 8.68. The summed E-state index contributed by atoms with van der Waals surface area (Å²) in [6.45, 7) is -0.343. The molecule has 1 unspecified atom stereocenters. The van der Waals surface area contributed by atoms with Gasteiger partial charge in [0.15, 0.2) is 0 Å². The molecule has 1 aromatic carbocycles. The van der Waals surface area contributed by atoms with Crippen molar-refractivity contribution in [2.75, 3.05) is 6.61 Å². The number of benzene rings is 1. The second-order valence-electron chi connectivity index (χ2n) is 3.88. The summed E-state index contributed by atoms with van der Waals surface area (Å²) in [4.78, 5) is 10.6. The first-order valence-electron chi connectivity index (χ1n) is 5.54. The van der Waals surface area contributed by atoms with Crippen LogP contribution in [0.25, 0.3) is 0 Å². The Kier molecular flexibility index (Phi) is 3.74. The lowest BCUT2D eigenvalue weighted by atomic mass is 10.1. The zero-order valence-electron chi connectivity index (χ0n) is 9.98. The standard InChI is InChI=1S/C13H14N2O3/c1-15-11(7-8-14-15)13(18-9-12(16)17)10-5-3-2-4-6-10/h2-8,13H,9H2,1H3,(H,16,17). The number of hydrogen-bond donors (Lipinski definition) is 1. The van der Waals surface area contributed by atoms with Gasteiger partial charge >= 0.3 is 5.97 Å². The lowest BCUT2D eigenvalue weighted by molar-refractivity contribution is -0.143. The van der Waals surface area contributed by atoms with Crippen LogP contribution in [-0.2, 0) is 16.6 Å². The number of aliphatic carboxylic acids is 1. The second-order valence-corrected chi connectivity index (χ2v) is 3.88. The van der Waals surface area contributed by atoms with Crippen LogP contribution in [0.4, 0.5) is 0 Å². The van der Waals surface area contributed by atoms with E-state index in [4.69, 9.17) is 9.84 Å². The van der Waals surface area contributed by atoms with Crippen LogP contribution in [0.15, 0.2) is 42.6 Å². The smallest absolute Gasteiger partial charge is 0.329 e. The molecule has 1 N–H and O–H groups in total. The second kappa shape index (κ2) is 5.46. The number of carboxylic acid groups (broad SMARTS) is 1. The number of nitrogens with zero attached hydrogens (tertiary/aromatic N) is 2. The van der Waals surface area contributed by atoms with Crippen LogP contribution in [0.5, 0.6) is 0 Å². The lowest BCUT2D eigenvalue weighted by Crippen LogP contribution is -2.15. The van der Waals surface area contributed by atoms with Crippen LogP contribution in [0, 0.1) is 0 Å². The highest BCUT2D eigenvalue weighted by Crippen LogP contribution is 2.24. The predicted octanol–water partition coefficient (Wildman–Crippen LogP) is 1.61. The Balaban J connectivity index is 2.29. The SMILES string of the molecule is Cn1nccc1C(OCC(=O)O)c1ccccc1. The minimum absolute atomic E-state index is 0.343. The molecule has 94 valence electrons. The normalized spacial score (nSPS) is 12.3. The molecule has 18 heavy (non-hydrogen) atoms. The van der Waals surface area contributed by atoms with Crippen LogP contribution >= 0.6 is 0 Å². The summed E-state index contributed by atoms with van der Waals surface area (Å²) in [6, 6.07) is 11.3. The number of hydrogen-bond acceptors (Lipinski definition) is 3. The maximum atomic E-state index is 10.6. The molecule has 0 spiro atoms. The first-order valence-corrected chi connectivity index (χ1v) is 5.54. The van der Waals surface area contributed by atoms with Crippen LogP contribution < -0.4 is 0 Å². The van der Waals surface area contributed by atoms with Crippen molar-refractivity contribution in [1.82, 2.24) is 9.78 Å². The monoisotopic (exact) mass is 246 g/mol. The van der Waals surface area contributed by atoms with Gasteiger partial charge in [-0.25, -0.2) is 4.79 Å². The molecule has 0 saturated heterocycles. The van der Waals surface area contributed by atoms with Gasteiger partial charge in [0.05, 0.1) is 5.69 Å². The van der Waals surface area contributed by atoms with Gasteiger partial charge in [-0.2, -0.15) is 5.10 Å². The van der Waals surface area contributed by atoms with Crippen molar-refractivity contribution in [1.29, 1.82) is 0 Å². The molecular formula is C13H14N2O3. The molecule has 0 aliphatic carbocycles. The number of ether oxygens (including phenoxy) is 1. The molecule has 0 fully saturated rings. The molecule has 0 radical (unpaired) electrons. The Bertz CT molecular complexity index is 522. The molecule has 1 heterocycles. The fourth-order valence-corrected chi connectivity index (χ4v) is 1.78. The number of aromatic nitrogens is 2. The third-order valence-corrected chi connectivity index (χ3v) is 2.60. The fourth-order valence-electron chi connectivity index (χ4n) is 1.78. The van der Waals surface area contributed by atoms with Crippen molar-refractivity contribution in [3.63, 3.8) is 0 Å². The number of rotatable bonds is 5. The van der Waals surface area contributed by atoms with E-state index in [9.17, 15) is 4.79 Å². The van der Waals surface area contributed by atoms with Crippen molar-refractivity contribution in [2.24, 2.45) is 7.05 Å². The van der Waals surface area contributed by atoms with Crippen LogP contribution in [0.2, 0.25) is 0 Å². The van der Waals surface area contributed by atoms with Crippen LogP contribution in [0.1, 0.15) is 17.4 Å². The first kappa shape index (κ1) is 12.3. The van der Waals surface area contributed by atoms with E-state index in [-0.39, 0.29) is 6.61 Å². The van der Waals surface area contributed by atoms with Crippen LogP contribution in [0.3, 0.4) is 0 Å². The maximum Gasteiger partial charge on any atom is 0.329 e. The van der Waals surface area contributed by atoms with Gasteiger partial charge in [0, 0.05) is 13.2 Å². The van der Waals surface area contributed by atoms with Gasteiger partial charge in [-0.05, 0) is 11.6 Å². The van der Waals surface area contributed by atoms with Gasteiger partial charge in [0.1, 0.15) is 12.7 Å². The highest BCUT2D eigenvalue weighted by atomic mass is 16.5. The average molecular weight is 246 g/mol. The van der Waals surface area contributed by atoms with E-state index in [0.29, 0.717) is 0 Å². The van der Waals surface area contributed by atoms with Crippen LogP contribution in [-0.4, -0.2) is 27.5 Å². The van der Waals surface area contributed by atoms with E-state index in [2.05, 4.69) is 5.10 Å². The Morgan fingerprint density at radius 2 is 2.11 bits per heavy atom. The van der Waals surface area contributed by atoms with E-state index in [0.717, 1.165) is 11.3 Å². The average Bonchev–Trinajstić information content (AvgIpc) is 2.77. The highest BCUT2D eigenvalue weighted by Gasteiger charge is 2.18. The fraction of sp³-hybridized carbons (Fsp3) is 0.231. The summed E-state index contributed by atoms with van der Waals surface area (Å²) in [5, 5.41) is 12.8. The summed E-state index contributed by atoms with van der Waals surface area (Å²) in [7, 11) is 1.80. The van der Waals surface area contributed by atoms with E-state index in [1.807, 2.05) is 36.4 Å². The number of carbonyl (C=O) groups is 1. The summed E-state index contributed by atoms with van der Waals surface area (Å²) >= 11 is 0. The molecule has 2 rings (SSSR count). The van der Waals surface area contributed by atoms with Crippen molar-refractivity contribution in [2.45, 2.75) is 6.10 Å². The van der Waals surface area contributed by atoms with Gasteiger partial charge < -0.3 is 9.84 Å². The largest absolute Gasteiger partial charge is 0.480 e. The summed E-state index contributed by atoms with van der Waals surface area (Å²) in [5.41, 5.74) is 1.73. The molecule has 1 aromatic heterocycles. The molecule has 0 bridgehead atoms. The molecule has 0 aliphatic rings. The van der Waals surface area contributed by atoms with Gasteiger partial charge in [-0.1, -0.05) is 30.3 Å². The lowest BCUT2D eigenvalue weighted by Gasteiger charge is -2.17. The quantitative estimate of drug-likeness (QED) is 0.870. The molecule has 0 saturated carbocycles. The predicted molar refractivity (Wildman–Crippen MR) is 65.1 cm³/mol. The highest BCUT2D eigenvalue weighted by molar-refractivity contribution is 5.68. The molecule has 5 nitrogen and oxygen atoms in total. The summed E-state index contributed by atoms with van der Waals surface area (Å²) in [6.07, 6.45) is 1.24. The van der Waals surface area contributed by atoms with Crippen molar-refractivity contribution < 1.29 is 14.6 Å². The van der Waals surface area contributed by atoms with Gasteiger partial charge in [-0.3, -0.25) is 4.68 Å². The molecule has 0 amide bonds. The Morgan fingerprint density at radius 3 is 2.67 bits per heavy atom. The minimum Gasteiger partial charge on any atom is -0.480 e. The van der Waals surface area contributed by atoms with E-state index >= 15 is 0 Å². The molecular weight excluding hydrogens is 232 g/mol. The van der Waals surface area contributed by atoms with Gasteiger partial charge in [-0.15, -0.1) is 0 Å². The molecule has 5 heteroatoms. The van der Waals surface area contributed by atoms with E-state index in [1.54, 1.807) is 17.9 Å². The Hall–Kier alpha value is -2.14. The number of carboxylic acids is 1. The summed E-state index contributed by atoms with van der Waals surface area (Å²) < 4.78 is 7.13. The third kappa shape index (κ3) is 2.75. The van der Waals surface area contributed by atoms with Gasteiger partial charge in [0.2, 0.25) is 0 Å². The van der Waals surface area contributed by atoms with E-state index in [1.165, 1.54) is 0 Å².